The summed E-state index contributed by atoms with van der Waals surface area (Å²) in [4.78, 5) is 19.9. The van der Waals surface area contributed by atoms with Gasteiger partial charge in [-0.15, -0.1) is 0 Å². The molecule has 0 radical (unpaired) electrons. The van der Waals surface area contributed by atoms with Gasteiger partial charge in [-0.2, -0.15) is 0 Å². The Morgan fingerprint density at radius 3 is 2.38 bits per heavy atom. The fraction of sp³-hybridized carbons (Fsp3) is 0.333. The van der Waals surface area contributed by atoms with Gasteiger partial charge in [-0.3, -0.25) is 4.79 Å². The van der Waals surface area contributed by atoms with Crippen molar-refractivity contribution >= 4 is 12.0 Å². The Morgan fingerprint density at radius 1 is 1.62 bits per heavy atom. The Morgan fingerprint density at radius 2 is 2.25 bits per heavy atom. The molecule has 1 rings (SSSR count). The van der Waals surface area contributed by atoms with Crippen molar-refractivity contribution in [1.29, 1.82) is 0 Å². The van der Waals surface area contributed by atoms with Gasteiger partial charge >= 0.3 is 6.09 Å². The molecule has 8 heavy (non-hydrogen) atoms. The minimum Gasteiger partial charge on any atom is -0.437 e. The van der Waals surface area contributed by atoms with Crippen LogP contribution in [-0.2, 0) is 9.53 Å². The van der Waals surface area contributed by atoms with Crippen LogP contribution in [0.2, 0.25) is 0 Å². The molecule has 4 nitrogen and oxygen atoms in total. The van der Waals surface area contributed by atoms with Crippen molar-refractivity contribution in [3.8, 4) is 0 Å². The highest BCUT2D eigenvalue weighted by Crippen LogP contribution is 2.03. The van der Waals surface area contributed by atoms with Crippen LogP contribution in [-0.4, -0.2) is 23.7 Å². The summed E-state index contributed by atoms with van der Waals surface area (Å²) in [5.41, 5.74) is 0. The monoisotopic (exact) mass is 119 g/mol. The van der Waals surface area contributed by atoms with Gasteiger partial charge < -0.3 is 4.74 Å². The highest BCUT2D eigenvalue weighted by atomic mass is 19.2. The molecule has 0 spiro atoms. The molecule has 0 aliphatic carbocycles. The Balaban J connectivity index is 2.70. The van der Waals surface area contributed by atoms with Gasteiger partial charge in [0, 0.05) is 0 Å². The third kappa shape index (κ3) is 0.518. The molecule has 0 atom stereocenters. The number of carbonyl (C=O) groups excluding carboxylic acids is 2. The third-order valence-corrected chi connectivity index (χ3v) is 0.698. The first kappa shape index (κ1) is 5.02. The molecule has 44 valence electrons. The fourth-order valence-electron chi connectivity index (χ4n) is 0.339. The summed E-state index contributed by atoms with van der Waals surface area (Å²) < 4.78 is 15.7. The lowest BCUT2D eigenvalue weighted by Gasteiger charge is -1.89. The number of carbonyl (C=O) groups is 2. The number of imide groups is 1. The zero-order valence-electron chi connectivity index (χ0n) is 3.76. The first-order valence-electron chi connectivity index (χ1n) is 1.87. The van der Waals surface area contributed by atoms with Gasteiger partial charge in [0.2, 0.25) is 0 Å². The highest BCUT2D eigenvalue weighted by Gasteiger charge is 2.31. The molecule has 0 aromatic heterocycles. The van der Waals surface area contributed by atoms with Crippen molar-refractivity contribution in [2.24, 2.45) is 0 Å². The molecule has 2 amide bonds. The van der Waals surface area contributed by atoms with E-state index in [1.165, 1.54) is 0 Å². The molecule has 0 saturated carbocycles. The van der Waals surface area contributed by atoms with E-state index in [1.54, 1.807) is 0 Å². The Labute approximate surface area is 43.8 Å². The van der Waals surface area contributed by atoms with E-state index >= 15 is 0 Å². The van der Waals surface area contributed by atoms with Crippen LogP contribution in [0.5, 0.6) is 0 Å². The van der Waals surface area contributed by atoms with Crippen molar-refractivity contribution in [3.05, 3.63) is 0 Å². The second kappa shape index (κ2) is 1.43. The normalized spacial score (nSPS) is 19.4. The third-order valence-electron chi connectivity index (χ3n) is 0.698. The zero-order chi connectivity index (χ0) is 6.15. The van der Waals surface area contributed by atoms with Gasteiger partial charge in [-0.05, 0) is 0 Å². The molecule has 0 unspecified atom stereocenters. The molecule has 0 N–H and O–H groups in total. The van der Waals surface area contributed by atoms with Gasteiger partial charge in [0.05, 0.1) is 0 Å². The maximum Gasteiger partial charge on any atom is 0.446 e. The molecule has 1 aliphatic rings. The number of nitrogens with zero attached hydrogens (tertiary/aromatic N) is 1. The van der Waals surface area contributed by atoms with Crippen molar-refractivity contribution in [2.75, 3.05) is 6.61 Å². The van der Waals surface area contributed by atoms with E-state index in [0.29, 0.717) is 0 Å². The second-order valence-electron chi connectivity index (χ2n) is 1.23. The number of halogens is 1. The topological polar surface area (TPSA) is 46.6 Å². The van der Waals surface area contributed by atoms with Crippen LogP contribution >= 0.6 is 0 Å². The molecule has 0 aromatic carbocycles. The van der Waals surface area contributed by atoms with Gasteiger partial charge in [0.1, 0.15) is 0 Å². The average Bonchev–Trinajstić information content (AvgIpc) is 1.98. The molecule has 5 heteroatoms. The Bertz CT molecular complexity index is 129. The van der Waals surface area contributed by atoms with Crippen LogP contribution in [0.1, 0.15) is 0 Å². The highest BCUT2D eigenvalue weighted by molar-refractivity contribution is 5.96. The molecular formula is C3H2FNO3. The van der Waals surface area contributed by atoms with Gasteiger partial charge in [-0.25, -0.2) is 4.79 Å². The largest absolute Gasteiger partial charge is 0.446 e. The van der Waals surface area contributed by atoms with Crippen LogP contribution < -0.4 is 0 Å². The number of rotatable bonds is 0. The predicted molar refractivity (Wildman–Crippen MR) is 19.3 cm³/mol. The SMILES string of the molecule is O=C1COC(=O)N1F. The summed E-state index contributed by atoms with van der Waals surface area (Å²) in [6.07, 6.45) is -1.23. The first-order chi connectivity index (χ1) is 3.72. The molecule has 1 saturated heterocycles. The number of ether oxygens (including phenoxy) is 1. The van der Waals surface area contributed by atoms with Crippen LogP contribution in [0.3, 0.4) is 0 Å². The molecule has 0 aromatic rings. The Kier molecular flexibility index (Phi) is 0.896. The number of amides is 2. The standard InChI is InChI=1S/C3H2FNO3/c4-5-2(6)1-8-3(5)7/h1H2. The summed E-state index contributed by atoms with van der Waals surface area (Å²) in [5, 5.41) is -0.556. The van der Waals surface area contributed by atoms with Gasteiger partial charge in [0.15, 0.2) is 6.61 Å². The number of hydrogen-bond acceptors (Lipinski definition) is 3. The minimum absolute atomic E-state index is 0.477. The molecule has 1 fully saturated rings. The summed E-state index contributed by atoms with van der Waals surface area (Å²) in [6, 6.07) is 0. The maximum atomic E-state index is 11.7. The van der Waals surface area contributed by atoms with E-state index < -0.39 is 23.7 Å². The summed E-state index contributed by atoms with van der Waals surface area (Å²) in [5.74, 6) is -0.949. The average molecular weight is 119 g/mol. The lowest BCUT2D eigenvalue weighted by Crippen LogP contribution is -2.18. The van der Waals surface area contributed by atoms with Crippen LogP contribution in [0.25, 0.3) is 0 Å². The zero-order valence-corrected chi connectivity index (χ0v) is 3.76. The smallest absolute Gasteiger partial charge is 0.437 e. The second-order valence-corrected chi connectivity index (χ2v) is 1.23. The Hall–Kier alpha value is -1.13. The number of hydrogen-bond donors (Lipinski definition) is 0. The molecular weight excluding hydrogens is 117 g/mol. The fourth-order valence-corrected chi connectivity index (χ4v) is 0.339. The van der Waals surface area contributed by atoms with Gasteiger partial charge in [0.25, 0.3) is 5.91 Å². The maximum absolute atomic E-state index is 11.7. The lowest BCUT2D eigenvalue weighted by atomic mass is 10.7. The number of cyclic esters (lactones) is 1. The van der Waals surface area contributed by atoms with Crippen LogP contribution in [0.4, 0.5) is 9.28 Å². The lowest BCUT2D eigenvalue weighted by molar-refractivity contribution is -0.135. The van der Waals surface area contributed by atoms with E-state index in [4.69, 9.17) is 0 Å². The summed E-state index contributed by atoms with van der Waals surface area (Å²) >= 11 is 0. The minimum atomic E-state index is -1.23. The van der Waals surface area contributed by atoms with Crippen LogP contribution in [0, 0.1) is 0 Å². The quantitative estimate of drug-likeness (QED) is 0.416. The van der Waals surface area contributed by atoms with Gasteiger partial charge in [-0.1, -0.05) is 9.60 Å². The van der Waals surface area contributed by atoms with Crippen molar-refractivity contribution < 1.29 is 18.8 Å². The van der Waals surface area contributed by atoms with Crippen molar-refractivity contribution in [2.45, 2.75) is 0 Å². The van der Waals surface area contributed by atoms with E-state index in [-0.39, 0.29) is 0 Å². The van der Waals surface area contributed by atoms with E-state index in [0.717, 1.165) is 0 Å². The molecule has 1 heterocycles. The molecule has 1 aliphatic heterocycles. The first-order valence-corrected chi connectivity index (χ1v) is 1.87. The predicted octanol–water partition coefficient (Wildman–Crippen LogP) is -0.150. The van der Waals surface area contributed by atoms with Crippen LogP contribution in [0.15, 0.2) is 0 Å². The summed E-state index contributed by atoms with van der Waals surface area (Å²) in [7, 11) is 0. The molecule has 0 bridgehead atoms. The van der Waals surface area contributed by atoms with E-state index in [9.17, 15) is 14.1 Å². The van der Waals surface area contributed by atoms with E-state index in [1.807, 2.05) is 0 Å². The van der Waals surface area contributed by atoms with Crippen molar-refractivity contribution in [3.63, 3.8) is 0 Å². The van der Waals surface area contributed by atoms with Crippen molar-refractivity contribution in [1.82, 2.24) is 5.12 Å². The summed E-state index contributed by atoms with van der Waals surface area (Å²) in [6.45, 7) is -0.477. The van der Waals surface area contributed by atoms with E-state index in [2.05, 4.69) is 4.74 Å².